The van der Waals surface area contributed by atoms with Crippen molar-refractivity contribution in [2.24, 2.45) is 5.92 Å². The van der Waals surface area contributed by atoms with Gasteiger partial charge in [-0.2, -0.15) is 0 Å². The molecular weight excluding hydrogens is 160 g/mol. The molecule has 1 aromatic heterocycles. The summed E-state index contributed by atoms with van der Waals surface area (Å²) in [4.78, 5) is 7.20. The maximum Gasteiger partial charge on any atom is 0.108 e. The molecule has 0 aromatic carbocycles. The van der Waals surface area contributed by atoms with E-state index in [1.54, 1.807) is 6.20 Å². The van der Waals surface area contributed by atoms with Crippen LogP contribution in [0.25, 0.3) is 0 Å². The Kier molecular flexibility index (Phi) is 3.01. The van der Waals surface area contributed by atoms with Crippen molar-refractivity contribution in [1.29, 1.82) is 0 Å². The van der Waals surface area contributed by atoms with Crippen molar-refractivity contribution in [3.63, 3.8) is 0 Å². The van der Waals surface area contributed by atoms with Gasteiger partial charge in [0.15, 0.2) is 0 Å². The smallest absolute Gasteiger partial charge is 0.108 e. The van der Waals surface area contributed by atoms with Crippen LogP contribution in [0.4, 0.5) is 0 Å². The molecule has 0 amide bonds. The Labute approximate surface area is 79.8 Å². The van der Waals surface area contributed by atoms with Gasteiger partial charge in [-0.15, -0.1) is 0 Å². The Bertz CT molecular complexity index is 222. The molecule has 2 nitrogen and oxygen atoms in total. The first kappa shape index (κ1) is 8.79. The molecule has 2 rings (SSSR count). The number of rotatable bonds is 4. The minimum atomic E-state index is 1.01. The maximum atomic E-state index is 4.10. The lowest BCUT2D eigenvalue weighted by atomic mass is 10.0. The van der Waals surface area contributed by atoms with E-state index in [2.05, 4.69) is 16.2 Å². The molecule has 1 fully saturated rings. The van der Waals surface area contributed by atoms with Gasteiger partial charge in [0.05, 0.1) is 0 Å². The number of aromatic amines is 1. The molecule has 71 valence electrons. The molecule has 0 aliphatic heterocycles. The predicted octanol–water partition coefficient (Wildman–Crippen LogP) is 2.72. The van der Waals surface area contributed by atoms with Gasteiger partial charge in [-0.25, -0.2) is 4.98 Å². The fourth-order valence-corrected chi connectivity index (χ4v) is 2.24. The lowest BCUT2D eigenvalue weighted by Crippen LogP contribution is -1.95. The zero-order valence-corrected chi connectivity index (χ0v) is 8.05. The summed E-state index contributed by atoms with van der Waals surface area (Å²) in [5, 5.41) is 0. The molecule has 0 saturated heterocycles. The number of imidazole rings is 1. The number of H-pyrrole nitrogens is 1. The number of aryl methyl sites for hydroxylation is 1. The van der Waals surface area contributed by atoms with E-state index in [1.807, 2.05) is 0 Å². The SMILES string of the molecule is [c]1c[nH]c(CCCC2CCCC2)n1. The number of hydrogen-bond acceptors (Lipinski definition) is 1. The summed E-state index contributed by atoms with van der Waals surface area (Å²) in [6.07, 6.45) is 14.2. The maximum absolute atomic E-state index is 4.10. The quantitative estimate of drug-likeness (QED) is 0.752. The average Bonchev–Trinajstić information content (AvgIpc) is 2.75. The number of nitrogens with one attached hydrogen (secondary N) is 1. The minimum absolute atomic E-state index is 1.01. The van der Waals surface area contributed by atoms with E-state index >= 15 is 0 Å². The third-order valence-corrected chi connectivity index (χ3v) is 3.00. The van der Waals surface area contributed by atoms with Crippen LogP contribution in [-0.2, 0) is 6.42 Å². The highest BCUT2D eigenvalue weighted by molar-refractivity contribution is 4.85. The first-order valence-electron chi connectivity index (χ1n) is 5.35. The Morgan fingerprint density at radius 2 is 2.31 bits per heavy atom. The first-order chi connectivity index (χ1) is 6.45. The Hall–Kier alpha value is -0.790. The summed E-state index contributed by atoms with van der Waals surface area (Å²) in [5.74, 6) is 2.11. The van der Waals surface area contributed by atoms with Gasteiger partial charge in [0.2, 0.25) is 0 Å². The third-order valence-electron chi connectivity index (χ3n) is 3.00. The number of nitrogens with zero attached hydrogens (tertiary/aromatic N) is 1. The highest BCUT2D eigenvalue weighted by atomic mass is 14.9. The van der Waals surface area contributed by atoms with Crippen molar-refractivity contribution in [3.8, 4) is 0 Å². The van der Waals surface area contributed by atoms with Crippen LogP contribution in [0.2, 0.25) is 0 Å². The van der Waals surface area contributed by atoms with Gasteiger partial charge >= 0.3 is 0 Å². The van der Waals surface area contributed by atoms with Crippen LogP contribution in [0, 0.1) is 12.1 Å². The zero-order valence-electron chi connectivity index (χ0n) is 8.05. The molecular formula is C11H17N2. The summed E-state index contributed by atoms with van der Waals surface area (Å²) in [5.41, 5.74) is 0. The third kappa shape index (κ3) is 2.58. The van der Waals surface area contributed by atoms with Crippen LogP contribution in [0.3, 0.4) is 0 Å². The molecule has 1 N–H and O–H groups in total. The van der Waals surface area contributed by atoms with Crippen molar-refractivity contribution in [3.05, 3.63) is 18.2 Å². The molecule has 1 radical (unpaired) electrons. The highest BCUT2D eigenvalue weighted by Gasteiger charge is 2.14. The number of hydrogen-bond donors (Lipinski definition) is 1. The molecule has 13 heavy (non-hydrogen) atoms. The Morgan fingerprint density at radius 3 is 3.00 bits per heavy atom. The van der Waals surface area contributed by atoms with E-state index in [-0.39, 0.29) is 0 Å². The first-order valence-corrected chi connectivity index (χ1v) is 5.35. The Morgan fingerprint density at radius 1 is 1.46 bits per heavy atom. The molecule has 1 aliphatic rings. The van der Waals surface area contributed by atoms with Gasteiger partial charge in [-0.3, -0.25) is 0 Å². The van der Waals surface area contributed by atoms with Crippen molar-refractivity contribution in [2.75, 3.05) is 0 Å². The van der Waals surface area contributed by atoms with Crippen molar-refractivity contribution in [1.82, 2.24) is 9.97 Å². The van der Waals surface area contributed by atoms with Crippen molar-refractivity contribution in [2.45, 2.75) is 44.9 Å². The van der Waals surface area contributed by atoms with Crippen LogP contribution < -0.4 is 0 Å². The van der Waals surface area contributed by atoms with Gasteiger partial charge < -0.3 is 4.98 Å². The van der Waals surface area contributed by atoms with Gasteiger partial charge in [-0.05, 0) is 12.3 Å². The number of aromatic nitrogens is 2. The van der Waals surface area contributed by atoms with Crippen LogP contribution in [-0.4, -0.2) is 9.97 Å². The van der Waals surface area contributed by atoms with E-state index in [4.69, 9.17) is 0 Å². The summed E-state index contributed by atoms with van der Waals surface area (Å²) < 4.78 is 0. The summed E-state index contributed by atoms with van der Waals surface area (Å²) in [6.45, 7) is 0. The van der Waals surface area contributed by atoms with Gasteiger partial charge in [0, 0.05) is 12.6 Å². The lowest BCUT2D eigenvalue weighted by Gasteiger charge is -2.06. The van der Waals surface area contributed by atoms with E-state index < -0.39 is 0 Å². The molecule has 0 atom stereocenters. The molecule has 1 heterocycles. The summed E-state index contributed by atoms with van der Waals surface area (Å²) in [7, 11) is 0. The van der Waals surface area contributed by atoms with E-state index in [0.717, 1.165) is 18.2 Å². The summed E-state index contributed by atoms with van der Waals surface area (Å²) >= 11 is 0. The molecule has 1 aromatic rings. The highest BCUT2D eigenvalue weighted by Crippen LogP contribution is 2.28. The minimum Gasteiger partial charge on any atom is -0.348 e. The van der Waals surface area contributed by atoms with Crippen LogP contribution >= 0.6 is 0 Å². The second kappa shape index (κ2) is 4.45. The summed E-state index contributed by atoms with van der Waals surface area (Å²) in [6, 6.07) is 0. The Balaban J connectivity index is 1.63. The molecule has 2 heteroatoms. The molecule has 0 bridgehead atoms. The van der Waals surface area contributed by atoms with Crippen LogP contribution in [0.5, 0.6) is 0 Å². The van der Waals surface area contributed by atoms with E-state index in [0.29, 0.717) is 0 Å². The second-order valence-electron chi connectivity index (χ2n) is 4.02. The monoisotopic (exact) mass is 177 g/mol. The lowest BCUT2D eigenvalue weighted by molar-refractivity contribution is 0.481. The molecule has 0 unspecified atom stereocenters. The van der Waals surface area contributed by atoms with Crippen molar-refractivity contribution < 1.29 is 0 Å². The fraction of sp³-hybridized carbons (Fsp3) is 0.727. The van der Waals surface area contributed by atoms with Crippen LogP contribution in [0.1, 0.15) is 44.3 Å². The zero-order chi connectivity index (χ0) is 8.93. The average molecular weight is 177 g/mol. The fourth-order valence-electron chi connectivity index (χ4n) is 2.24. The predicted molar refractivity (Wildman–Crippen MR) is 52.3 cm³/mol. The van der Waals surface area contributed by atoms with Gasteiger partial charge in [0.1, 0.15) is 12.0 Å². The topological polar surface area (TPSA) is 28.7 Å². The second-order valence-corrected chi connectivity index (χ2v) is 4.02. The molecule has 1 aliphatic carbocycles. The van der Waals surface area contributed by atoms with Crippen molar-refractivity contribution >= 4 is 0 Å². The van der Waals surface area contributed by atoms with Gasteiger partial charge in [-0.1, -0.05) is 32.1 Å². The standard InChI is InChI=1S/C11H17N2/c1-2-5-10(4-1)6-3-7-11-12-8-9-13-11/h8,10H,1-7H2,(H,12,13). The molecule has 0 spiro atoms. The molecule has 1 saturated carbocycles. The van der Waals surface area contributed by atoms with Crippen LogP contribution in [0.15, 0.2) is 6.20 Å². The van der Waals surface area contributed by atoms with E-state index in [9.17, 15) is 0 Å². The van der Waals surface area contributed by atoms with Gasteiger partial charge in [0.25, 0.3) is 0 Å². The van der Waals surface area contributed by atoms with E-state index in [1.165, 1.54) is 38.5 Å². The largest absolute Gasteiger partial charge is 0.348 e. The normalized spacial score (nSPS) is 18.2.